The first-order valence-electron chi connectivity index (χ1n) is 34.9. The molecule has 0 fully saturated rings. The molecule has 544 valence electrons. The summed E-state index contributed by atoms with van der Waals surface area (Å²) in [7, 11) is -14.6. The average Bonchev–Trinajstić information content (AvgIpc) is 1.62. The summed E-state index contributed by atoms with van der Waals surface area (Å²) in [5, 5.41) is 18.8. The number of rotatable bonds is 38. The Balaban J connectivity index is 0.000000282. The number of benzene rings is 4. The van der Waals surface area contributed by atoms with Gasteiger partial charge < -0.3 is 66.1 Å². The lowest BCUT2D eigenvalue weighted by Crippen LogP contribution is -2.31. The maximum atomic E-state index is 13.5. The highest BCUT2D eigenvalue weighted by Crippen LogP contribution is 2.55. The fourth-order valence-electron chi connectivity index (χ4n) is 14.2. The smallest absolute Gasteiger partial charge is 0.337 e. The first-order valence-corrected chi connectivity index (χ1v) is 41.8. The van der Waals surface area contributed by atoms with Crippen LogP contribution < -0.4 is 19.6 Å². The van der Waals surface area contributed by atoms with Gasteiger partial charge in [0, 0.05) is 101 Å². The molecule has 24 heteroatoms. The minimum atomic E-state index is -4.05. The van der Waals surface area contributed by atoms with E-state index in [9.17, 15) is 47.8 Å². The highest BCUT2D eigenvalue weighted by atomic mass is 31.2. The molecule has 4 atom stereocenters. The van der Waals surface area contributed by atoms with Gasteiger partial charge in [0.05, 0.1) is 62.8 Å². The second-order valence-electron chi connectivity index (χ2n) is 26.3. The van der Waals surface area contributed by atoms with Crippen LogP contribution in [0, 0.1) is 0 Å². The van der Waals surface area contributed by atoms with Gasteiger partial charge in [-0.2, -0.15) is 9.15 Å². The molecule has 0 saturated carbocycles. The summed E-state index contributed by atoms with van der Waals surface area (Å²) in [5.74, 6) is -1.68. The Hall–Kier alpha value is -6.20. The van der Waals surface area contributed by atoms with Crippen molar-refractivity contribution in [3.05, 3.63) is 191 Å². The van der Waals surface area contributed by atoms with Crippen LogP contribution in [0.25, 0.3) is 0 Å². The Morgan fingerprint density at radius 3 is 1.18 bits per heavy atom. The number of fused-ring (bicyclic) bond motifs is 4. The molecule has 4 aromatic rings. The SMILES string of the molecule is CCOP(=O)(CCN1/C(=C/C=C/C=C/C2=[N+](CCP(=O)(OCC)OCC)c3ccccc3C2(C)C)C(C)(CCCC(=O)O)c2ccccc21)OCC.CCOP(=O)([O-])CCN1/C(=C/C=C/C=C/C2=[N+](CCP(=O)([O-])OCC)c3ccccc3C2(C)C)C(C)(CCCC(=O)O)c2ccccc21. The van der Waals surface area contributed by atoms with E-state index in [1.807, 2.05) is 153 Å². The summed E-state index contributed by atoms with van der Waals surface area (Å²) in [6.07, 6.45) is 22.3. The summed E-state index contributed by atoms with van der Waals surface area (Å²) >= 11 is 0. The maximum Gasteiger partial charge on any atom is 0.337 e. The standard InChI is InChI=1S/C40H56N2O8P2.C36H48N2O8P2/c1-8-47-51(45,48-9-2)30-28-41-34-22-17-15-20-32(34)39(5,6)36(41)24-13-12-14-25-37-40(7,27-19-26-38(43)44)33-21-16-18-23-35(33)42(37)29-31-52(46,49-10-3)50-11-4;1-6-45-47(41,42)26-24-37-30-18-13-11-16-28(30)35(3,4)32(37)20-9-8-10-21-33-36(5,23-15-22-34(39)40)29-17-12-14-19-31(29)38(33)25-27-48(43,44)46-7-2/h12-18,20-25H,8-11,19,26-31H2,1-7H3;8-14,16-21H,6-7,15,22-27H2,1-5H3,(H2-,39,40,41,42,43,44). The van der Waals surface area contributed by atoms with Gasteiger partial charge in [0.2, 0.25) is 11.4 Å². The number of hydrogen-bond acceptors (Lipinski definition) is 16. The van der Waals surface area contributed by atoms with Crippen LogP contribution >= 0.6 is 30.4 Å². The topological polar surface area (TPSA) is 257 Å². The molecule has 100 heavy (non-hydrogen) atoms. The minimum Gasteiger partial charge on any atom is -0.778 e. The Kier molecular flexibility index (Phi) is 29.0. The molecule has 0 bridgehead atoms. The Morgan fingerprint density at radius 1 is 0.450 bits per heavy atom. The van der Waals surface area contributed by atoms with Crippen LogP contribution in [0.1, 0.15) is 144 Å². The number of carbonyl (C=O) groups is 2. The Labute approximate surface area is 592 Å². The van der Waals surface area contributed by atoms with Gasteiger partial charge in [0.25, 0.3) is 0 Å². The van der Waals surface area contributed by atoms with Gasteiger partial charge in [-0.05, 0) is 144 Å². The van der Waals surface area contributed by atoms with Crippen molar-refractivity contribution < 1.29 is 84.1 Å². The van der Waals surface area contributed by atoms with E-state index in [-0.39, 0.29) is 87.8 Å². The van der Waals surface area contributed by atoms with Crippen molar-refractivity contribution in [2.75, 3.05) is 100 Å². The lowest BCUT2D eigenvalue weighted by atomic mass is 9.77. The molecule has 4 aliphatic rings. The molecule has 0 spiro atoms. The molecule has 4 aromatic carbocycles. The van der Waals surface area contributed by atoms with Gasteiger partial charge in [-0.15, -0.1) is 0 Å². The van der Waals surface area contributed by atoms with Crippen molar-refractivity contribution in [2.24, 2.45) is 0 Å². The van der Waals surface area contributed by atoms with E-state index >= 15 is 0 Å². The van der Waals surface area contributed by atoms with Crippen molar-refractivity contribution in [3.8, 4) is 0 Å². The van der Waals surface area contributed by atoms with E-state index < -0.39 is 53.2 Å². The molecular weight excluding hydrogens is 1350 g/mol. The molecule has 2 N–H and O–H groups in total. The number of hydrogen-bond donors (Lipinski definition) is 2. The van der Waals surface area contributed by atoms with Crippen molar-refractivity contribution in [1.82, 2.24) is 0 Å². The van der Waals surface area contributed by atoms with E-state index in [4.69, 9.17) is 27.1 Å². The number of carboxylic acid groups (broad SMARTS) is 2. The number of anilines is 2. The van der Waals surface area contributed by atoms with Crippen LogP contribution in [-0.2, 0) is 76.7 Å². The lowest BCUT2D eigenvalue weighted by molar-refractivity contribution is -0.433. The highest BCUT2D eigenvalue weighted by molar-refractivity contribution is 7.54. The second kappa shape index (κ2) is 35.8. The summed E-state index contributed by atoms with van der Waals surface area (Å²) in [5.41, 5.74) is 10.5. The zero-order valence-corrected chi connectivity index (χ0v) is 63.9. The number of carboxylic acids is 2. The Bertz CT molecular complexity index is 3980. The normalized spacial score (nSPS) is 20.6. The number of aliphatic carboxylic acids is 2. The van der Waals surface area contributed by atoms with Gasteiger partial charge in [-0.25, -0.2) is 0 Å². The van der Waals surface area contributed by atoms with Crippen molar-refractivity contribution in [3.63, 3.8) is 0 Å². The van der Waals surface area contributed by atoms with Crippen LogP contribution in [0.4, 0.5) is 22.7 Å². The van der Waals surface area contributed by atoms with Gasteiger partial charge in [0.1, 0.15) is 21.4 Å². The molecule has 0 aromatic heterocycles. The predicted molar refractivity (Wildman–Crippen MR) is 396 cm³/mol. The largest absolute Gasteiger partial charge is 0.778 e. The summed E-state index contributed by atoms with van der Waals surface area (Å²) in [6.45, 7) is 26.1. The maximum absolute atomic E-state index is 13.5. The van der Waals surface area contributed by atoms with Crippen LogP contribution in [0.3, 0.4) is 0 Å². The zero-order chi connectivity index (χ0) is 73.2. The molecular formula is C76H104N4O16P4. The predicted octanol–water partition coefficient (Wildman–Crippen LogP) is 15.9. The molecule has 0 aliphatic carbocycles. The van der Waals surface area contributed by atoms with Crippen LogP contribution in [0.5, 0.6) is 0 Å². The van der Waals surface area contributed by atoms with Crippen molar-refractivity contribution in [2.45, 2.75) is 143 Å². The third-order valence-electron chi connectivity index (χ3n) is 18.8. The minimum absolute atomic E-state index is 0.0311. The molecule has 4 unspecified atom stereocenters. The fraction of sp³-hybridized carbons (Fsp3) is 0.474. The number of para-hydroxylation sites is 4. The molecule has 0 radical (unpaired) electrons. The third-order valence-corrected chi connectivity index (χ3v) is 25.7. The number of allylic oxidation sites excluding steroid dienone is 12. The summed E-state index contributed by atoms with van der Waals surface area (Å²) < 4.78 is 88.7. The molecule has 0 amide bonds. The van der Waals surface area contributed by atoms with Crippen LogP contribution in [0.15, 0.2) is 169 Å². The fourth-order valence-corrected chi connectivity index (χ4v) is 19.3. The van der Waals surface area contributed by atoms with Crippen molar-refractivity contribution >= 4 is 76.5 Å². The monoisotopic (exact) mass is 1450 g/mol. The molecule has 4 aliphatic heterocycles. The van der Waals surface area contributed by atoms with Crippen molar-refractivity contribution in [1.29, 1.82) is 0 Å². The quantitative estimate of drug-likeness (QED) is 0.0240. The van der Waals surface area contributed by atoms with Gasteiger partial charge in [-0.3, -0.25) is 18.7 Å². The first kappa shape index (κ1) is 81.1. The first-order chi connectivity index (χ1) is 47.5. The summed E-state index contributed by atoms with van der Waals surface area (Å²) in [6, 6.07) is 32.3. The highest BCUT2D eigenvalue weighted by Gasteiger charge is 2.48. The van der Waals surface area contributed by atoms with Gasteiger partial charge >= 0.3 is 27.1 Å². The second-order valence-corrected chi connectivity index (χ2v) is 34.5. The zero-order valence-electron chi connectivity index (χ0n) is 60.3. The van der Waals surface area contributed by atoms with Gasteiger partial charge in [-0.1, -0.05) is 109 Å². The van der Waals surface area contributed by atoms with E-state index in [1.165, 1.54) is 5.56 Å². The lowest BCUT2D eigenvalue weighted by Gasteiger charge is -2.32. The molecule has 20 nitrogen and oxygen atoms in total. The molecule has 8 rings (SSSR count). The van der Waals surface area contributed by atoms with E-state index in [0.29, 0.717) is 52.0 Å². The Morgan fingerprint density at radius 2 is 0.790 bits per heavy atom. The van der Waals surface area contributed by atoms with E-state index in [0.717, 1.165) is 62.3 Å². The van der Waals surface area contributed by atoms with E-state index in [1.54, 1.807) is 13.8 Å². The molecule has 0 saturated heterocycles. The van der Waals surface area contributed by atoms with Crippen LogP contribution in [-0.4, -0.2) is 133 Å². The van der Waals surface area contributed by atoms with Gasteiger partial charge in [0.15, 0.2) is 24.5 Å². The third kappa shape index (κ3) is 19.7. The average molecular weight is 1450 g/mol. The number of nitrogens with zero attached hydrogens (tertiary/aromatic N) is 4. The van der Waals surface area contributed by atoms with E-state index in [2.05, 4.69) is 93.5 Å². The van der Waals surface area contributed by atoms with Crippen LogP contribution in [0.2, 0.25) is 0 Å². The molecule has 4 heterocycles. The summed E-state index contributed by atoms with van der Waals surface area (Å²) in [4.78, 5) is 52.1.